The van der Waals surface area contributed by atoms with Crippen LogP contribution in [0.15, 0.2) is 35.7 Å². The van der Waals surface area contributed by atoms with Crippen molar-refractivity contribution in [3.05, 3.63) is 51.7 Å². The molecule has 0 aliphatic carbocycles. The number of benzene rings is 1. The molecule has 0 radical (unpaired) electrons. The zero-order chi connectivity index (χ0) is 13.4. The molecule has 1 atom stereocenters. The molecule has 1 amide bonds. The van der Waals surface area contributed by atoms with Crippen molar-refractivity contribution in [3.8, 4) is 0 Å². The molecule has 0 saturated heterocycles. The number of amides is 1. The molecular weight excluding hydrogens is 256 g/mol. The van der Waals surface area contributed by atoms with E-state index in [0.717, 1.165) is 24.2 Å². The van der Waals surface area contributed by atoms with E-state index in [9.17, 15) is 4.79 Å². The van der Waals surface area contributed by atoms with Crippen LogP contribution in [0.5, 0.6) is 0 Å². The number of carbonyl (C=O) groups is 1. The summed E-state index contributed by atoms with van der Waals surface area (Å²) in [7, 11) is 0. The van der Waals surface area contributed by atoms with Gasteiger partial charge in [0.1, 0.15) is 0 Å². The van der Waals surface area contributed by atoms with Gasteiger partial charge in [0.15, 0.2) is 0 Å². The lowest BCUT2D eigenvalue weighted by Crippen LogP contribution is -2.38. The Morgan fingerprint density at radius 2 is 2.11 bits per heavy atom. The molecule has 1 aliphatic heterocycles. The Balaban J connectivity index is 2.15. The minimum absolute atomic E-state index is 0.0336. The zero-order valence-electron chi connectivity index (χ0n) is 10.8. The van der Waals surface area contributed by atoms with E-state index in [-0.39, 0.29) is 11.9 Å². The van der Waals surface area contributed by atoms with Crippen LogP contribution in [-0.2, 0) is 11.2 Å². The predicted octanol–water partition coefficient (Wildman–Crippen LogP) is 2.82. The average molecular weight is 272 g/mol. The first-order chi connectivity index (χ1) is 9.18. The van der Waals surface area contributed by atoms with Crippen molar-refractivity contribution in [2.45, 2.75) is 19.4 Å². The van der Waals surface area contributed by atoms with Crippen molar-refractivity contribution in [2.75, 3.05) is 12.3 Å². The SMILES string of the molecule is CC(=O)N1CCc2sccc2C1c1ccccc1N. The van der Waals surface area contributed by atoms with Crippen LogP contribution in [-0.4, -0.2) is 17.4 Å². The highest BCUT2D eigenvalue weighted by Gasteiger charge is 2.31. The van der Waals surface area contributed by atoms with Crippen LogP contribution in [0.25, 0.3) is 0 Å². The Morgan fingerprint density at radius 3 is 2.84 bits per heavy atom. The van der Waals surface area contributed by atoms with Gasteiger partial charge in [-0.3, -0.25) is 4.79 Å². The number of hydrogen-bond donors (Lipinski definition) is 1. The van der Waals surface area contributed by atoms with Gasteiger partial charge in [-0.15, -0.1) is 11.3 Å². The summed E-state index contributed by atoms with van der Waals surface area (Å²) in [5, 5.41) is 2.10. The van der Waals surface area contributed by atoms with Gasteiger partial charge < -0.3 is 10.6 Å². The number of carbonyl (C=O) groups excluding carboxylic acids is 1. The van der Waals surface area contributed by atoms with Crippen LogP contribution in [0, 0.1) is 0 Å². The second kappa shape index (κ2) is 4.70. The zero-order valence-corrected chi connectivity index (χ0v) is 11.6. The standard InChI is InChI=1S/C15H16N2OS/c1-10(18)17-8-6-14-12(7-9-19-14)15(17)11-4-2-3-5-13(11)16/h2-5,7,9,15H,6,8,16H2,1H3. The number of rotatable bonds is 1. The molecule has 1 aromatic carbocycles. The van der Waals surface area contributed by atoms with E-state index in [0.29, 0.717) is 0 Å². The molecule has 2 N–H and O–H groups in total. The molecule has 1 aliphatic rings. The van der Waals surface area contributed by atoms with Gasteiger partial charge in [-0.25, -0.2) is 0 Å². The minimum atomic E-state index is -0.0336. The van der Waals surface area contributed by atoms with E-state index in [1.165, 1.54) is 10.4 Å². The fourth-order valence-corrected chi connectivity index (χ4v) is 3.65. The lowest BCUT2D eigenvalue weighted by molar-refractivity contribution is -0.130. The second-order valence-corrected chi connectivity index (χ2v) is 5.79. The third kappa shape index (κ3) is 2.02. The maximum absolute atomic E-state index is 11.9. The van der Waals surface area contributed by atoms with Crippen molar-refractivity contribution in [3.63, 3.8) is 0 Å². The normalized spacial score (nSPS) is 18.2. The number of nitrogens with zero attached hydrogens (tertiary/aromatic N) is 1. The molecule has 4 heteroatoms. The number of hydrogen-bond acceptors (Lipinski definition) is 3. The minimum Gasteiger partial charge on any atom is -0.398 e. The van der Waals surface area contributed by atoms with Crippen LogP contribution >= 0.6 is 11.3 Å². The van der Waals surface area contributed by atoms with E-state index in [1.807, 2.05) is 29.2 Å². The van der Waals surface area contributed by atoms with Gasteiger partial charge >= 0.3 is 0 Å². The van der Waals surface area contributed by atoms with Gasteiger partial charge in [-0.1, -0.05) is 18.2 Å². The summed E-state index contributed by atoms with van der Waals surface area (Å²) in [6, 6.07) is 9.90. The molecule has 1 unspecified atom stereocenters. The van der Waals surface area contributed by atoms with Crippen molar-refractivity contribution in [1.82, 2.24) is 4.90 Å². The topological polar surface area (TPSA) is 46.3 Å². The quantitative estimate of drug-likeness (QED) is 0.811. The number of anilines is 1. The smallest absolute Gasteiger partial charge is 0.220 e. The third-order valence-corrected chi connectivity index (χ3v) is 4.66. The van der Waals surface area contributed by atoms with E-state index in [2.05, 4.69) is 11.4 Å². The number of para-hydroxylation sites is 1. The Kier molecular flexibility index (Phi) is 3.03. The lowest BCUT2D eigenvalue weighted by Gasteiger charge is -2.36. The molecule has 2 aromatic rings. The van der Waals surface area contributed by atoms with Gasteiger partial charge in [0.2, 0.25) is 5.91 Å². The van der Waals surface area contributed by atoms with Gasteiger partial charge in [-0.2, -0.15) is 0 Å². The first-order valence-electron chi connectivity index (χ1n) is 6.36. The van der Waals surface area contributed by atoms with Gasteiger partial charge in [0.05, 0.1) is 6.04 Å². The molecule has 0 spiro atoms. The molecule has 0 fully saturated rings. The van der Waals surface area contributed by atoms with Gasteiger partial charge in [0.25, 0.3) is 0 Å². The van der Waals surface area contributed by atoms with Gasteiger partial charge in [0, 0.05) is 29.6 Å². The fourth-order valence-electron chi connectivity index (χ4n) is 2.75. The second-order valence-electron chi connectivity index (χ2n) is 4.79. The van der Waals surface area contributed by atoms with E-state index in [4.69, 9.17) is 5.73 Å². The molecule has 3 rings (SSSR count). The van der Waals surface area contributed by atoms with Crippen LogP contribution in [0.2, 0.25) is 0 Å². The molecule has 3 nitrogen and oxygen atoms in total. The van der Waals surface area contributed by atoms with Crippen molar-refractivity contribution >= 4 is 22.9 Å². The Hall–Kier alpha value is -1.81. The number of nitrogens with two attached hydrogens (primary N) is 1. The fraction of sp³-hybridized carbons (Fsp3) is 0.267. The first-order valence-corrected chi connectivity index (χ1v) is 7.24. The summed E-state index contributed by atoms with van der Waals surface area (Å²) in [6.45, 7) is 2.39. The lowest BCUT2D eigenvalue weighted by atomic mass is 9.92. The summed E-state index contributed by atoms with van der Waals surface area (Å²) in [4.78, 5) is 15.2. The highest BCUT2D eigenvalue weighted by molar-refractivity contribution is 7.10. The van der Waals surface area contributed by atoms with Crippen LogP contribution < -0.4 is 5.73 Å². The maximum Gasteiger partial charge on any atom is 0.220 e. The van der Waals surface area contributed by atoms with Crippen molar-refractivity contribution in [1.29, 1.82) is 0 Å². The van der Waals surface area contributed by atoms with Crippen LogP contribution in [0.3, 0.4) is 0 Å². The largest absolute Gasteiger partial charge is 0.398 e. The molecule has 0 bridgehead atoms. The molecule has 0 saturated carbocycles. The summed E-state index contributed by atoms with van der Waals surface area (Å²) in [5.41, 5.74) is 9.10. The van der Waals surface area contributed by atoms with Crippen molar-refractivity contribution < 1.29 is 4.79 Å². The molecule has 19 heavy (non-hydrogen) atoms. The first kappa shape index (κ1) is 12.2. The number of fused-ring (bicyclic) bond motifs is 1. The molecular formula is C15H16N2OS. The molecule has 98 valence electrons. The molecule has 2 heterocycles. The van der Waals surface area contributed by atoms with E-state index < -0.39 is 0 Å². The maximum atomic E-state index is 11.9. The van der Waals surface area contributed by atoms with Crippen LogP contribution in [0.1, 0.15) is 29.0 Å². The van der Waals surface area contributed by atoms with Gasteiger partial charge in [-0.05, 0) is 29.5 Å². The highest BCUT2D eigenvalue weighted by Crippen LogP contribution is 2.39. The summed E-state index contributed by atoms with van der Waals surface area (Å²) in [6.07, 6.45) is 0.940. The number of thiophene rings is 1. The predicted molar refractivity (Wildman–Crippen MR) is 78.1 cm³/mol. The summed E-state index contributed by atoms with van der Waals surface area (Å²) >= 11 is 1.76. The average Bonchev–Trinajstić information content (AvgIpc) is 2.86. The Bertz CT molecular complexity index is 620. The summed E-state index contributed by atoms with van der Waals surface area (Å²) in [5.74, 6) is 0.102. The van der Waals surface area contributed by atoms with E-state index >= 15 is 0 Å². The van der Waals surface area contributed by atoms with Crippen molar-refractivity contribution in [2.24, 2.45) is 0 Å². The summed E-state index contributed by atoms with van der Waals surface area (Å²) < 4.78 is 0. The monoisotopic (exact) mass is 272 g/mol. The van der Waals surface area contributed by atoms with Crippen LogP contribution in [0.4, 0.5) is 5.69 Å². The van der Waals surface area contributed by atoms with E-state index in [1.54, 1.807) is 18.3 Å². The third-order valence-electron chi connectivity index (χ3n) is 3.66. The number of nitrogen functional groups attached to an aromatic ring is 1. The Morgan fingerprint density at radius 1 is 1.32 bits per heavy atom. The highest BCUT2D eigenvalue weighted by atomic mass is 32.1. The Labute approximate surface area is 116 Å². The molecule has 1 aromatic heterocycles.